The van der Waals surface area contributed by atoms with Crippen molar-refractivity contribution in [1.29, 1.82) is 0 Å². The third-order valence-electron chi connectivity index (χ3n) is 2.00. The van der Waals surface area contributed by atoms with Crippen molar-refractivity contribution >= 4 is 5.91 Å². The zero-order valence-corrected chi connectivity index (χ0v) is 9.06. The molecule has 0 aliphatic carbocycles. The maximum Gasteiger partial charge on any atom is 0.226 e. The predicted octanol–water partition coefficient (Wildman–Crippen LogP) is -0.953. The van der Waals surface area contributed by atoms with E-state index in [9.17, 15) is 9.90 Å². The molecule has 0 heterocycles. The molecular formula is C9H20N2O3. The normalized spacial score (nSPS) is 14.9. The van der Waals surface area contributed by atoms with Crippen LogP contribution in [0.1, 0.15) is 6.92 Å². The Morgan fingerprint density at radius 2 is 2.21 bits per heavy atom. The molecule has 0 spiro atoms. The maximum absolute atomic E-state index is 11.5. The van der Waals surface area contributed by atoms with Crippen molar-refractivity contribution in [3.05, 3.63) is 0 Å². The molecule has 3 N–H and O–H groups in total. The molecule has 0 fully saturated rings. The van der Waals surface area contributed by atoms with Crippen LogP contribution >= 0.6 is 0 Å². The van der Waals surface area contributed by atoms with Crippen molar-refractivity contribution in [3.8, 4) is 0 Å². The Hall–Kier alpha value is -0.650. The van der Waals surface area contributed by atoms with E-state index in [-0.39, 0.29) is 25.0 Å². The van der Waals surface area contributed by atoms with Gasteiger partial charge in [0.15, 0.2) is 0 Å². The number of likely N-dealkylation sites (N-methyl/N-ethyl adjacent to an activating group) is 1. The molecule has 0 bridgehead atoms. The van der Waals surface area contributed by atoms with Gasteiger partial charge < -0.3 is 20.5 Å². The fourth-order valence-electron chi connectivity index (χ4n) is 1.13. The highest BCUT2D eigenvalue weighted by molar-refractivity contribution is 5.78. The third kappa shape index (κ3) is 4.55. The topological polar surface area (TPSA) is 75.8 Å². The van der Waals surface area contributed by atoms with E-state index < -0.39 is 6.10 Å². The van der Waals surface area contributed by atoms with Gasteiger partial charge >= 0.3 is 0 Å². The van der Waals surface area contributed by atoms with Crippen LogP contribution in [-0.4, -0.2) is 55.9 Å². The van der Waals surface area contributed by atoms with Gasteiger partial charge in [0, 0.05) is 33.2 Å². The van der Waals surface area contributed by atoms with Crippen molar-refractivity contribution in [2.75, 3.05) is 33.9 Å². The SMILES string of the molecule is COCC(O)CN(C)C(=O)C(C)CN. The third-order valence-corrected chi connectivity index (χ3v) is 2.00. The number of ether oxygens (including phenoxy) is 1. The number of hydrogen-bond donors (Lipinski definition) is 2. The van der Waals surface area contributed by atoms with E-state index in [1.807, 2.05) is 0 Å². The van der Waals surface area contributed by atoms with Gasteiger partial charge in [-0.1, -0.05) is 6.92 Å². The summed E-state index contributed by atoms with van der Waals surface area (Å²) in [6.45, 7) is 2.59. The molecule has 0 aromatic carbocycles. The average Bonchev–Trinajstić information content (AvgIpc) is 2.15. The number of aliphatic hydroxyl groups excluding tert-OH is 1. The molecule has 0 aliphatic rings. The van der Waals surface area contributed by atoms with Crippen LogP contribution in [0, 0.1) is 5.92 Å². The molecule has 84 valence electrons. The summed E-state index contributed by atoms with van der Waals surface area (Å²) in [7, 11) is 3.15. The monoisotopic (exact) mass is 204 g/mol. The molecule has 0 saturated heterocycles. The summed E-state index contributed by atoms with van der Waals surface area (Å²) >= 11 is 0. The molecule has 1 amide bonds. The zero-order valence-electron chi connectivity index (χ0n) is 9.06. The fraction of sp³-hybridized carbons (Fsp3) is 0.889. The van der Waals surface area contributed by atoms with Crippen LogP contribution in [0.3, 0.4) is 0 Å². The summed E-state index contributed by atoms with van der Waals surface area (Å²) in [6, 6.07) is 0. The lowest BCUT2D eigenvalue weighted by molar-refractivity contribution is -0.135. The number of hydrogen-bond acceptors (Lipinski definition) is 4. The first-order chi connectivity index (χ1) is 6.52. The van der Waals surface area contributed by atoms with E-state index in [4.69, 9.17) is 10.5 Å². The molecule has 2 unspecified atom stereocenters. The molecular weight excluding hydrogens is 184 g/mol. The predicted molar refractivity (Wildman–Crippen MR) is 53.7 cm³/mol. The quantitative estimate of drug-likeness (QED) is 0.584. The summed E-state index contributed by atoms with van der Waals surface area (Å²) in [4.78, 5) is 13.0. The molecule has 0 rings (SSSR count). The zero-order chi connectivity index (χ0) is 11.1. The van der Waals surface area contributed by atoms with E-state index in [1.54, 1.807) is 14.0 Å². The van der Waals surface area contributed by atoms with Gasteiger partial charge in [-0.25, -0.2) is 0 Å². The summed E-state index contributed by atoms with van der Waals surface area (Å²) < 4.78 is 4.76. The second-order valence-electron chi connectivity index (χ2n) is 3.46. The minimum atomic E-state index is -0.640. The van der Waals surface area contributed by atoms with Crippen molar-refractivity contribution < 1.29 is 14.6 Å². The minimum absolute atomic E-state index is 0.0531. The Balaban J connectivity index is 3.94. The number of carbonyl (C=O) groups is 1. The highest BCUT2D eigenvalue weighted by atomic mass is 16.5. The van der Waals surface area contributed by atoms with E-state index >= 15 is 0 Å². The largest absolute Gasteiger partial charge is 0.389 e. The number of amides is 1. The Labute approximate surface area is 84.8 Å². The molecule has 5 nitrogen and oxygen atoms in total. The summed E-state index contributed by atoms with van der Waals surface area (Å²) in [5.41, 5.74) is 5.37. The van der Waals surface area contributed by atoms with Gasteiger partial charge in [0.1, 0.15) is 0 Å². The maximum atomic E-state index is 11.5. The average molecular weight is 204 g/mol. The van der Waals surface area contributed by atoms with Crippen LogP contribution in [0.4, 0.5) is 0 Å². The van der Waals surface area contributed by atoms with Crippen molar-refractivity contribution in [2.24, 2.45) is 11.7 Å². The van der Waals surface area contributed by atoms with Gasteiger partial charge in [-0.05, 0) is 0 Å². The lowest BCUT2D eigenvalue weighted by Crippen LogP contribution is -2.40. The number of nitrogens with two attached hydrogens (primary N) is 1. The lowest BCUT2D eigenvalue weighted by atomic mass is 10.1. The molecule has 2 atom stereocenters. The van der Waals surface area contributed by atoms with Crippen molar-refractivity contribution in [2.45, 2.75) is 13.0 Å². The van der Waals surface area contributed by atoms with Crippen molar-refractivity contribution in [3.63, 3.8) is 0 Å². The van der Waals surface area contributed by atoms with Gasteiger partial charge in [0.05, 0.1) is 12.7 Å². The van der Waals surface area contributed by atoms with E-state index in [0.717, 1.165) is 0 Å². The van der Waals surface area contributed by atoms with Gasteiger partial charge in [-0.15, -0.1) is 0 Å². The van der Waals surface area contributed by atoms with Crippen LogP contribution in [-0.2, 0) is 9.53 Å². The molecule has 0 radical (unpaired) electrons. The first kappa shape index (κ1) is 13.4. The van der Waals surface area contributed by atoms with Crippen molar-refractivity contribution in [1.82, 2.24) is 4.90 Å². The number of rotatable bonds is 6. The van der Waals surface area contributed by atoms with Crippen LogP contribution in [0.5, 0.6) is 0 Å². The van der Waals surface area contributed by atoms with Crippen LogP contribution < -0.4 is 5.73 Å². The summed E-state index contributed by atoms with van der Waals surface area (Å²) in [5.74, 6) is -0.252. The highest BCUT2D eigenvalue weighted by Gasteiger charge is 2.18. The molecule has 14 heavy (non-hydrogen) atoms. The molecule has 0 aromatic rings. The molecule has 0 aromatic heterocycles. The Bertz CT molecular complexity index is 175. The first-order valence-electron chi connectivity index (χ1n) is 4.65. The van der Waals surface area contributed by atoms with Gasteiger partial charge in [0.2, 0.25) is 5.91 Å². The van der Waals surface area contributed by atoms with Crippen LogP contribution in [0.15, 0.2) is 0 Å². The second kappa shape index (κ2) is 6.75. The fourth-order valence-corrected chi connectivity index (χ4v) is 1.13. The van der Waals surface area contributed by atoms with Crippen LogP contribution in [0.2, 0.25) is 0 Å². The smallest absolute Gasteiger partial charge is 0.226 e. The van der Waals surface area contributed by atoms with E-state index in [2.05, 4.69) is 0 Å². The molecule has 5 heteroatoms. The first-order valence-corrected chi connectivity index (χ1v) is 4.65. The second-order valence-corrected chi connectivity index (χ2v) is 3.46. The van der Waals surface area contributed by atoms with E-state index in [0.29, 0.717) is 6.54 Å². The number of nitrogens with zero attached hydrogens (tertiary/aromatic N) is 1. The van der Waals surface area contributed by atoms with Gasteiger partial charge in [-0.2, -0.15) is 0 Å². The highest BCUT2D eigenvalue weighted by Crippen LogP contribution is 1.99. The standard InChI is InChI=1S/C9H20N2O3/c1-7(4-10)9(13)11(2)5-8(12)6-14-3/h7-8,12H,4-6,10H2,1-3H3. The van der Waals surface area contributed by atoms with Gasteiger partial charge in [-0.3, -0.25) is 4.79 Å². The van der Waals surface area contributed by atoms with Gasteiger partial charge in [0.25, 0.3) is 0 Å². The summed E-state index contributed by atoms with van der Waals surface area (Å²) in [5, 5.41) is 9.37. The summed E-state index contributed by atoms with van der Waals surface area (Å²) in [6.07, 6.45) is -0.640. The number of carbonyl (C=O) groups excluding carboxylic acids is 1. The molecule has 0 aliphatic heterocycles. The number of methoxy groups -OCH3 is 1. The lowest BCUT2D eigenvalue weighted by Gasteiger charge is -2.23. The van der Waals surface area contributed by atoms with E-state index in [1.165, 1.54) is 12.0 Å². The molecule has 0 saturated carbocycles. The minimum Gasteiger partial charge on any atom is -0.389 e. The Morgan fingerprint density at radius 1 is 1.64 bits per heavy atom. The Morgan fingerprint density at radius 3 is 2.64 bits per heavy atom. The van der Waals surface area contributed by atoms with Crippen LogP contribution in [0.25, 0.3) is 0 Å². The number of aliphatic hydroxyl groups is 1. The Kier molecular flexibility index (Phi) is 6.44.